The zero-order valence-corrected chi connectivity index (χ0v) is 17.1. The highest BCUT2D eigenvalue weighted by Crippen LogP contribution is 2.28. The Labute approximate surface area is 173 Å². The van der Waals surface area contributed by atoms with Gasteiger partial charge in [-0.15, -0.1) is 10.2 Å². The lowest BCUT2D eigenvalue weighted by atomic mass is 10.2. The van der Waals surface area contributed by atoms with Gasteiger partial charge in [-0.3, -0.25) is 14.3 Å². The molecule has 2 aromatic heterocycles. The largest absolute Gasteiger partial charge is 0.497 e. The maximum Gasteiger partial charge on any atom is 0.230 e. The normalized spacial score (nSPS) is 14.1. The summed E-state index contributed by atoms with van der Waals surface area (Å²) in [7, 11) is 1.64. The highest BCUT2D eigenvalue weighted by molar-refractivity contribution is 7.99. The van der Waals surface area contributed by atoms with E-state index in [-0.39, 0.29) is 5.91 Å². The molecule has 1 aliphatic rings. The molecule has 0 saturated heterocycles. The number of hydrogen-bond donors (Lipinski definition) is 1. The average Bonchev–Trinajstić information content (AvgIpc) is 3.43. The van der Waals surface area contributed by atoms with E-state index in [1.165, 1.54) is 24.6 Å². The highest BCUT2D eigenvalue weighted by Gasteiger charge is 2.20. The van der Waals surface area contributed by atoms with E-state index in [9.17, 15) is 4.79 Å². The first-order chi connectivity index (χ1) is 14.2. The molecule has 150 valence electrons. The maximum absolute atomic E-state index is 12.4. The first-order valence-corrected chi connectivity index (χ1v) is 10.7. The third kappa shape index (κ3) is 4.59. The molecule has 8 heteroatoms. The minimum absolute atomic E-state index is 0.0362. The molecule has 0 bridgehead atoms. The topological polar surface area (TPSA) is 81.9 Å². The van der Waals surface area contributed by atoms with Crippen molar-refractivity contribution >= 4 is 17.7 Å². The van der Waals surface area contributed by atoms with E-state index >= 15 is 0 Å². The quantitative estimate of drug-likeness (QED) is 0.602. The fourth-order valence-electron chi connectivity index (χ4n) is 3.48. The van der Waals surface area contributed by atoms with E-state index in [1.54, 1.807) is 19.5 Å². The van der Waals surface area contributed by atoms with Crippen molar-refractivity contribution < 1.29 is 9.53 Å². The van der Waals surface area contributed by atoms with Gasteiger partial charge in [0.25, 0.3) is 0 Å². The summed E-state index contributed by atoms with van der Waals surface area (Å²) in [6.07, 6.45) is 8.01. The lowest BCUT2D eigenvalue weighted by Gasteiger charge is -2.13. The summed E-state index contributed by atoms with van der Waals surface area (Å²) in [5, 5.41) is 12.5. The smallest absolute Gasteiger partial charge is 0.230 e. The molecule has 1 amide bonds. The van der Waals surface area contributed by atoms with Crippen LogP contribution in [0.3, 0.4) is 0 Å². The van der Waals surface area contributed by atoms with E-state index in [0.29, 0.717) is 22.8 Å². The second-order valence-electron chi connectivity index (χ2n) is 6.92. The number of rotatable bonds is 7. The summed E-state index contributed by atoms with van der Waals surface area (Å²) in [4.78, 5) is 16.6. The van der Waals surface area contributed by atoms with Crippen LogP contribution in [0, 0.1) is 0 Å². The number of nitrogens with zero attached hydrogens (tertiary/aromatic N) is 4. The summed E-state index contributed by atoms with van der Waals surface area (Å²) >= 11 is 1.38. The molecule has 29 heavy (non-hydrogen) atoms. The lowest BCUT2D eigenvalue weighted by Crippen LogP contribution is -2.33. The number of aromatic nitrogens is 4. The predicted octanol–water partition coefficient (Wildman–Crippen LogP) is 3.49. The number of benzene rings is 1. The molecule has 1 aromatic carbocycles. The van der Waals surface area contributed by atoms with Crippen LogP contribution in [0.5, 0.6) is 5.75 Å². The highest BCUT2D eigenvalue weighted by atomic mass is 32.2. The minimum atomic E-state index is 0.0362. The Bertz CT molecular complexity index is 953. The number of carbonyl (C=O) groups is 1. The van der Waals surface area contributed by atoms with Gasteiger partial charge in [-0.1, -0.05) is 24.6 Å². The van der Waals surface area contributed by atoms with Crippen LogP contribution in [0.15, 0.2) is 53.9 Å². The fourth-order valence-corrected chi connectivity index (χ4v) is 4.24. The monoisotopic (exact) mass is 409 g/mol. The number of thioether (sulfide) groups is 1. The van der Waals surface area contributed by atoms with Gasteiger partial charge in [0.2, 0.25) is 5.91 Å². The third-order valence-electron chi connectivity index (χ3n) is 4.94. The number of hydrogen-bond acceptors (Lipinski definition) is 6. The third-order valence-corrected chi connectivity index (χ3v) is 5.87. The molecule has 1 aliphatic carbocycles. The molecule has 0 spiro atoms. The predicted molar refractivity (Wildman–Crippen MR) is 112 cm³/mol. The van der Waals surface area contributed by atoms with Crippen LogP contribution in [0.2, 0.25) is 0 Å². The van der Waals surface area contributed by atoms with Crippen LogP contribution in [-0.4, -0.2) is 44.6 Å². The Hall–Kier alpha value is -2.87. The van der Waals surface area contributed by atoms with Gasteiger partial charge in [0.15, 0.2) is 11.0 Å². The molecule has 0 radical (unpaired) electrons. The van der Waals surface area contributed by atoms with Crippen molar-refractivity contribution in [3.05, 3.63) is 48.8 Å². The molecule has 0 atom stereocenters. The standard InChI is InChI=1S/C21H23N5O2S/c1-28-18-10-8-17(9-11-18)26-20(15-5-4-12-22-13-15)24-25-21(26)29-14-19(27)23-16-6-2-3-7-16/h4-5,8-13,16H,2-3,6-7,14H2,1H3,(H,23,27). The number of ether oxygens (including phenoxy) is 1. The number of carbonyl (C=O) groups excluding carboxylic acids is 1. The van der Waals surface area contributed by atoms with Gasteiger partial charge in [-0.25, -0.2) is 0 Å². The second kappa shape index (κ2) is 9.09. The van der Waals surface area contributed by atoms with Crippen molar-refractivity contribution in [1.82, 2.24) is 25.1 Å². The molecule has 1 N–H and O–H groups in total. The Kier molecular flexibility index (Phi) is 6.09. The maximum atomic E-state index is 12.4. The van der Waals surface area contributed by atoms with E-state index in [1.807, 2.05) is 41.0 Å². The van der Waals surface area contributed by atoms with Crippen molar-refractivity contribution in [2.75, 3.05) is 12.9 Å². The molecule has 1 saturated carbocycles. The molecule has 3 aromatic rings. The SMILES string of the molecule is COc1ccc(-n2c(SCC(=O)NC3CCCC3)nnc2-c2cccnc2)cc1. The summed E-state index contributed by atoms with van der Waals surface area (Å²) in [5.41, 5.74) is 1.76. The van der Waals surface area contributed by atoms with Crippen LogP contribution in [-0.2, 0) is 4.79 Å². The van der Waals surface area contributed by atoms with Crippen LogP contribution in [0.4, 0.5) is 0 Å². The number of pyridine rings is 1. The molecular formula is C21H23N5O2S. The molecule has 0 unspecified atom stereocenters. The van der Waals surface area contributed by atoms with Crippen molar-refractivity contribution in [3.63, 3.8) is 0 Å². The van der Waals surface area contributed by atoms with E-state index < -0.39 is 0 Å². The van der Waals surface area contributed by atoms with Gasteiger partial charge in [-0.2, -0.15) is 0 Å². The molecule has 1 fully saturated rings. The van der Waals surface area contributed by atoms with Crippen molar-refractivity contribution in [2.24, 2.45) is 0 Å². The van der Waals surface area contributed by atoms with Crippen LogP contribution >= 0.6 is 11.8 Å². The van der Waals surface area contributed by atoms with Crippen molar-refractivity contribution in [1.29, 1.82) is 0 Å². The molecule has 7 nitrogen and oxygen atoms in total. The molecule has 2 heterocycles. The Morgan fingerprint density at radius 3 is 2.69 bits per heavy atom. The summed E-state index contributed by atoms with van der Waals surface area (Å²) < 4.78 is 7.21. The van der Waals surface area contributed by atoms with Crippen LogP contribution < -0.4 is 10.1 Å². The van der Waals surface area contributed by atoms with E-state index in [2.05, 4.69) is 20.5 Å². The fraction of sp³-hybridized carbons (Fsp3) is 0.333. The van der Waals surface area contributed by atoms with E-state index in [0.717, 1.165) is 29.8 Å². The van der Waals surface area contributed by atoms with Gasteiger partial charge in [0.05, 0.1) is 12.9 Å². The Morgan fingerprint density at radius 2 is 2.00 bits per heavy atom. The molecule has 0 aliphatic heterocycles. The van der Waals surface area contributed by atoms with Gasteiger partial charge in [0.1, 0.15) is 5.75 Å². The van der Waals surface area contributed by atoms with Crippen LogP contribution in [0.1, 0.15) is 25.7 Å². The van der Waals surface area contributed by atoms with Crippen LogP contribution in [0.25, 0.3) is 17.1 Å². The average molecular weight is 410 g/mol. The number of amides is 1. The Morgan fingerprint density at radius 1 is 1.21 bits per heavy atom. The first kappa shape index (κ1) is 19.4. The second-order valence-corrected chi connectivity index (χ2v) is 7.86. The van der Waals surface area contributed by atoms with Crippen molar-refractivity contribution in [2.45, 2.75) is 36.9 Å². The minimum Gasteiger partial charge on any atom is -0.497 e. The first-order valence-electron chi connectivity index (χ1n) is 9.67. The van der Waals surface area contributed by atoms with Gasteiger partial charge < -0.3 is 10.1 Å². The van der Waals surface area contributed by atoms with Gasteiger partial charge >= 0.3 is 0 Å². The lowest BCUT2D eigenvalue weighted by molar-refractivity contribution is -0.119. The molecular weight excluding hydrogens is 386 g/mol. The summed E-state index contributed by atoms with van der Waals surface area (Å²) in [6.45, 7) is 0. The number of nitrogens with one attached hydrogen (secondary N) is 1. The zero-order chi connectivity index (χ0) is 20.1. The van der Waals surface area contributed by atoms with Gasteiger partial charge in [-0.05, 0) is 49.2 Å². The van der Waals surface area contributed by atoms with Gasteiger partial charge in [0, 0.05) is 29.7 Å². The van der Waals surface area contributed by atoms with Crippen molar-refractivity contribution in [3.8, 4) is 22.8 Å². The summed E-state index contributed by atoms with van der Waals surface area (Å²) in [6, 6.07) is 11.8. The summed E-state index contributed by atoms with van der Waals surface area (Å²) in [5.74, 6) is 1.80. The Balaban J connectivity index is 1.59. The molecule has 4 rings (SSSR count). The van der Waals surface area contributed by atoms with E-state index in [4.69, 9.17) is 4.74 Å². The zero-order valence-electron chi connectivity index (χ0n) is 16.2. The number of methoxy groups -OCH3 is 1.